The van der Waals surface area contributed by atoms with Crippen LogP contribution < -0.4 is 4.74 Å². The zero-order valence-electron chi connectivity index (χ0n) is 20.6. The van der Waals surface area contributed by atoms with Crippen LogP contribution >= 0.6 is 11.8 Å². The molecule has 0 radical (unpaired) electrons. The summed E-state index contributed by atoms with van der Waals surface area (Å²) in [5.74, 6) is 1.85. The lowest BCUT2D eigenvalue weighted by atomic mass is 9.95. The van der Waals surface area contributed by atoms with Gasteiger partial charge in [0, 0.05) is 11.1 Å². The molecule has 34 heavy (non-hydrogen) atoms. The quantitative estimate of drug-likeness (QED) is 0.387. The monoisotopic (exact) mass is 470 g/mol. The molecule has 0 fully saturated rings. The molecule has 0 saturated carbocycles. The van der Waals surface area contributed by atoms with E-state index in [1.54, 1.807) is 11.8 Å². The smallest absolute Gasteiger partial charge is 0.174 e. The molecule has 2 aliphatic carbocycles. The summed E-state index contributed by atoms with van der Waals surface area (Å²) in [5.41, 5.74) is 6.41. The van der Waals surface area contributed by atoms with Crippen LogP contribution in [0.5, 0.6) is 5.75 Å². The van der Waals surface area contributed by atoms with E-state index in [-0.39, 0.29) is 0 Å². The Morgan fingerprint density at radius 2 is 1.94 bits per heavy atom. The maximum absolute atomic E-state index is 6.60. The highest BCUT2D eigenvalue weighted by atomic mass is 32.2. The fourth-order valence-electron chi connectivity index (χ4n) is 4.03. The number of benzene rings is 1. The number of aromatic nitrogens is 2. The molecular formula is C30H34N2OS. The number of nitrogens with zero attached hydrogens (tertiary/aromatic N) is 2. The fraction of sp³-hybridized carbons (Fsp3) is 0.300. The molecule has 1 aromatic heterocycles. The lowest BCUT2D eigenvalue weighted by Gasteiger charge is -2.16. The van der Waals surface area contributed by atoms with E-state index in [1.807, 2.05) is 10.7 Å². The lowest BCUT2D eigenvalue weighted by Crippen LogP contribution is -2.06. The molecular weight excluding hydrogens is 436 g/mol. The normalized spacial score (nSPS) is 19.4. The Kier molecular flexibility index (Phi) is 7.79. The Hall–Kier alpha value is -2.98. The van der Waals surface area contributed by atoms with E-state index >= 15 is 0 Å². The van der Waals surface area contributed by atoms with Gasteiger partial charge < -0.3 is 4.74 Å². The third kappa shape index (κ3) is 5.74. The minimum absolute atomic E-state index is 0.465. The van der Waals surface area contributed by atoms with Gasteiger partial charge in [-0.15, -0.1) is 0 Å². The first-order valence-corrected chi connectivity index (χ1v) is 12.9. The number of ether oxygens (including phenoxy) is 1. The molecule has 0 amide bonds. The molecule has 2 unspecified atom stereocenters. The summed E-state index contributed by atoms with van der Waals surface area (Å²) in [4.78, 5) is 0. The van der Waals surface area contributed by atoms with E-state index in [2.05, 4.69) is 100 Å². The average Bonchev–Trinajstić information content (AvgIpc) is 3.22. The summed E-state index contributed by atoms with van der Waals surface area (Å²) in [6.07, 6.45) is 15.5. The van der Waals surface area contributed by atoms with E-state index in [1.165, 1.54) is 11.1 Å². The lowest BCUT2D eigenvalue weighted by molar-refractivity contribution is 0.354. The van der Waals surface area contributed by atoms with Crippen molar-refractivity contribution in [1.29, 1.82) is 0 Å². The summed E-state index contributed by atoms with van der Waals surface area (Å²) in [6, 6.07) is 10.4. The van der Waals surface area contributed by atoms with E-state index in [9.17, 15) is 0 Å². The van der Waals surface area contributed by atoms with Crippen molar-refractivity contribution in [3.63, 3.8) is 0 Å². The molecule has 0 saturated heterocycles. The molecule has 1 aromatic carbocycles. The van der Waals surface area contributed by atoms with Crippen molar-refractivity contribution in [3.8, 4) is 17.0 Å². The van der Waals surface area contributed by atoms with Crippen LogP contribution in [0.4, 0.5) is 0 Å². The first kappa shape index (κ1) is 24.2. The fourth-order valence-corrected chi connectivity index (χ4v) is 4.63. The summed E-state index contributed by atoms with van der Waals surface area (Å²) in [6.45, 7) is 13.5. The second-order valence-electron chi connectivity index (χ2n) is 9.39. The first-order chi connectivity index (χ1) is 16.4. The minimum atomic E-state index is 0.465. The standard InChI is InChI=1S/C30H34N2OS/c1-21(2)20-34-24(5)32-29(26-11-7-6-8-12-26)30(33-19-25-16-14-22(3)15-17-25)28(31-32)27-13-9-10-23(4)18-27/h6-9,11-14,16-18,20,22-23H,5,10,15,19H2,1-4H3. The Balaban J connectivity index is 1.82. The SMILES string of the molecule is C=C(SC=C(C)C)n1nc(C2=CC(C)CC=C2)c(OCC2=CCC(C)C=C2)c1-c1ccccc1. The third-order valence-corrected chi connectivity index (χ3v) is 6.91. The van der Waals surface area contributed by atoms with Crippen molar-refractivity contribution in [2.45, 2.75) is 40.5 Å². The second kappa shape index (κ2) is 11.0. The highest BCUT2D eigenvalue weighted by Gasteiger charge is 2.25. The predicted molar refractivity (Wildman–Crippen MR) is 147 cm³/mol. The molecule has 1 heterocycles. The minimum Gasteiger partial charge on any atom is -0.484 e. The van der Waals surface area contributed by atoms with Crippen molar-refractivity contribution in [1.82, 2.24) is 9.78 Å². The molecule has 2 aromatic rings. The molecule has 2 aliphatic rings. The zero-order valence-corrected chi connectivity index (χ0v) is 21.4. The molecule has 2 atom stereocenters. The van der Waals surface area contributed by atoms with Gasteiger partial charge in [0.25, 0.3) is 0 Å². The molecule has 0 aliphatic heterocycles. The summed E-state index contributed by atoms with van der Waals surface area (Å²) in [5, 5.41) is 8.04. The van der Waals surface area contributed by atoms with Crippen molar-refractivity contribution >= 4 is 22.4 Å². The molecule has 3 nitrogen and oxygen atoms in total. The summed E-state index contributed by atoms with van der Waals surface area (Å²) in [7, 11) is 0. The number of hydrogen-bond acceptors (Lipinski definition) is 3. The van der Waals surface area contributed by atoms with Gasteiger partial charge in [0.15, 0.2) is 5.75 Å². The molecule has 176 valence electrons. The maximum atomic E-state index is 6.60. The van der Waals surface area contributed by atoms with Crippen molar-refractivity contribution in [2.24, 2.45) is 11.8 Å². The number of allylic oxidation sites excluding steroid dienone is 7. The topological polar surface area (TPSA) is 27.1 Å². The van der Waals surface area contributed by atoms with Crippen LogP contribution in [0.2, 0.25) is 0 Å². The third-order valence-electron chi connectivity index (χ3n) is 5.87. The van der Waals surface area contributed by atoms with Crippen molar-refractivity contribution in [2.75, 3.05) is 6.61 Å². The van der Waals surface area contributed by atoms with Gasteiger partial charge in [0.1, 0.15) is 18.0 Å². The van der Waals surface area contributed by atoms with Gasteiger partial charge in [0.2, 0.25) is 0 Å². The van der Waals surface area contributed by atoms with Crippen LogP contribution in [-0.2, 0) is 0 Å². The largest absolute Gasteiger partial charge is 0.484 e. The van der Waals surface area contributed by atoms with Crippen molar-refractivity contribution in [3.05, 3.63) is 95.6 Å². The first-order valence-electron chi connectivity index (χ1n) is 12.0. The van der Waals surface area contributed by atoms with Gasteiger partial charge in [-0.25, -0.2) is 4.68 Å². The average molecular weight is 471 g/mol. The van der Waals surface area contributed by atoms with Gasteiger partial charge in [-0.1, -0.05) is 105 Å². The molecule has 0 bridgehead atoms. The molecule has 4 rings (SSSR count). The molecule has 0 N–H and O–H groups in total. The Bertz CT molecular complexity index is 1190. The van der Waals surface area contributed by atoms with E-state index in [0.717, 1.165) is 46.1 Å². The number of thioether (sulfide) groups is 1. The van der Waals surface area contributed by atoms with Gasteiger partial charge in [-0.05, 0) is 49.5 Å². The van der Waals surface area contributed by atoms with E-state index in [4.69, 9.17) is 9.84 Å². The Morgan fingerprint density at radius 3 is 2.62 bits per heavy atom. The van der Waals surface area contributed by atoms with Crippen LogP contribution in [-0.4, -0.2) is 16.4 Å². The maximum Gasteiger partial charge on any atom is 0.174 e. The van der Waals surface area contributed by atoms with Gasteiger partial charge in [0.05, 0.1) is 5.03 Å². The predicted octanol–water partition coefficient (Wildman–Crippen LogP) is 8.52. The highest BCUT2D eigenvalue weighted by molar-refractivity contribution is 8.10. The second-order valence-corrected chi connectivity index (χ2v) is 10.3. The van der Waals surface area contributed by atoms with Crippen LogP contribution in [0, 0.1) is 11.8 Å². The van der Waals surface area contributed by atoms with Gasteiger partial charge >= 0.3 is 0 Å². The van der Waals surface area contributed by atoms with E-state index < -0.39 is 0 Å². The van der Waals surface area contributed by atoms with Crippen LogP contribution in [0.1, 0.15) is 46.2 Å². The summed E-state index contributed by atoms with van der Waals surface area (Å²) >= 11 is 1.59. The molecule has 4 heteroatoms. The Labute approximate surface area is 208 Å². The molecule has 0 spiro atoms. The number of hydrogen-bond donors (Lipinski definition) is 0. The van der Waals surface area contributed by atoms with Gasteiger partial charge in [-0.3, -0.25) is 0 Å². The zero-order chi connectivity index (χ0) is 24.1. The van der Waals surface area contributed by atoms with E-state index in [0.29, 0.717) is 18.4 Å². The van der Waals surface area contributed by atoms with Crippen LogP contribution in [0.25, 0.3) is 21.9 Å². The van der Waals surface area contributed by atoms with Crippen LogP contribution in [0.3, 0.4) is 0 Å². The van der Waals surface area contributed by atoms with Crippen molar-refractivity contribution < 1.29 is 4.74 Å². The van der Waals surface area contributed by atoms with Gasteiger partial charge in [-0.2, -0.15) is 5.10 Å². The highest BCUT2D eigenvalue weighted by Crippen LogP contribution is 2.42. The summed E-state index contributed by atoms with van der Waals surface area (Å²) < 4.78 is 8.55. The number of rotatable bonds is 8. The Morgan fingerprint density at radius 1 is 1.15 bits per heavy atom. The van der Waals surface area contributed by atoms with Crippen LogP contribution in [0.15, 0.2) is 89.9 Å².